The molecule has 1 aliphatic carbocycles. The van der Waals surface area contributed by atoms with E-state index in [9.17, 15) is 9.59 Å². The van der Waals surface area contributed by atoms with Gasteiger partial charge in [-0.3, -0.25) is 9.59 Å². The van der Waals surface area contributed by atoms with Crippen LogP contribution < -0.4 is 0 Å². The van der Waals surface area contributed by atoms with Crippen molar-refractivity contribution in [3.05, 3.63) is 71.3 Å². The van der Waals surface area contributed by atoms with Crippen molar-refractivity contribution in [2.45, 2.75) is 19.8 Å². The minimum absolute atomic E-state index is 0.0393. The predicted octanol–water partition coefficient (Wildman–Crippen LogP) is 3.24. The van der Waals surface area contributed by atoms with Gasteiger partial charge in [0.2, 0.25) is 0 Å². The molecular weight excluding hydrogens is 248 g/mol. The largest absolute Gasteiger partial charge is 0.299 e. The van der Waals surface area contributed by atoms with E-state index in [1.165, 1.54) is 6.92 Å². The third kappa shape index (κ3) is 1.88. The van der Waals surface area contributed by atoms with Crippen molar-refractivity contribution in [1.29, 1.82) is 0 Å². The molecule has 0 radical (unpaired) electrons. The molecule has 2 heteroatoms. The molecule has 0 spiro atoms. The van der Waals surface area contributed by atoms with Gasteiger partial charge in [-0.25, -0.2) is 0 Å². The maximum absolute atomic E-state index is 12.9. The van der Waals surface area contributed by atoms with Gasteiger partial charge in [-0.15, -0.1) is 0 Å². The highest BCUT2D eigenvalue weighted by atomic mass is 16.2. The number of benzene rings is 2. The summed E-state index contributed by atoms with van der Waals surface area (Å²) >= 11 is 0. The molecular formula is C18H16O2. The Hall–Kier alpha value is -2.22. The van der Waals surface area contributed by atoms with E-state index in [-0.39, 0.29) is 11.6 Å². The van der Waals surface area contributed by atoms with Gasteiger partial charge >= 0.3 is 0 Å². The number of fused-ring (bicyclic) bond motifs is 1. The van der Waals surface area contributed by atoms with Crippen LogP contribution in [0.1, 0.15) is 28.4 Å². The van der Waals surface area contributed by atoms with Gasteiger partial charge in [0.1, 0.15) is 5.78 Å². The molecule has 100 valence electrons. The van der Waals surface area contributed by atoms with Crippen LogP contribution in [-0.4, -0.2) is 11.6 Å². The summed E-state index contributed by atoms with van der Waals surface area (Å²) in [5.41, 5.74) is 1.94. The minimum atomic E-state index is -0.912. The predicted molar refractivity (Wildman–Crippen MR) is 77.7 cm³/mol. The molecule has 0 aliphatic heterocycles. The second-order valence-electron chi connectivity index (χ2n) is 5.46. The Kier molecular flexibility index (Phi) is 3.01. The van der Waals surface area contributed by atoms with E-state index in [0.717, 1.165) is 11.1 Å². The molecule has 2 aromatic carbocycles. The van der Waals surface area contributed by atoms with Crippen molar-refractivity contribution >= 4 is 11.6 Å². The summed E-state index contributed by atoms with van der Waals surface area (Å²) in [6, 6.07) is 17.1. The second-order valence-corrected chi connectivity index (χ2v) is 5.46. The molecule has 0 amide bonds. The summed E-state index contributed by atoms with van der Waals surface area (Å²) in [7, 11) is 0. The number of carbonyl (C=O) groups excluding carboxylic acids is 2. The summed E-state index contributed by atoms with van der Waals surface area (Å²) in [5.74, 6) is -0.0932. The number of ketones is 2. The molecule has 0 fully saturated rings. The van der Waals surface area contributed by atoms with Crippen LogP contribution in [0.25, 0.3) is 0 Å². The van der Waals surface area contributed by atoms with Gasteiger partial charge < -0.3 is 0 Å². The Balaban J connectivity index is 2.04. The third-order valence-corrected chi connectivity index (χ3v) is 4.25. The molecule has 0 unspecified atom stereocenters. The topological polar surface area (TPSA) is 34.1 Å². The summed E-state index contributed by atoms with van der Waals surface area (Å²) in [5, 5.41) is 0. The summed E-state index contributed by atoms with van der Waals surface area (Å²) < 4.78 is 0. The molecule has 2 nitrogen and oxygen atoms in total. The Morgan fingerprint density at radius 2 is 1.35 bits per heavy atom. The van der Waals surface area contributed by atoms with E-state index < -0.39 is 5.41 Å². The molecule has 0 saturated heterocycles. The highest BCUT2D eigenvalue weighted by Crippen LogP contribution is 2.40. The van der Waals surface area contributed by atoms with Crippen LogP contribution in [0.5, 0.6) is 0 Å². The van der Waals surface area contributed by atoms with Crippen molar-refractivity contribution in [2.75, 3.05) is 0 Å². The van der Waals surface area contributed by atoms with Crippen molar-refractivity contribution in [3.8, 4) is 0 Å². The van der Waals surface area contributed by atoms with Crippen molar-refractivity contribution in [1.82, 2.24) is 0 Å². The second kappa shape index (κ2) is 4.71. The molecule has 0 atom stereocenters. The molecule has 20 heavy (non-hydrogen) atoms. The lowest BCUT2D eigenvalue weighted by Crippen LogP contribution is -2.39. The van der Waals surface area contributed by atoms with E-state index in [4.69, 9.17) is 0 Å². The van der Waals surface area contributed by atoms with Crippen molar-refractivity contribution < 1.29 is 9.59 Å². The molecule has 1 aliphatic rings. The lowest BCUT2D eigenvalue weighted by atomic mass is 9.74. The van der Waals surface area contributed by atoms with Crippen LogP contribution in [0.4, 0.5) is 0 Å². The quantitative estimate of drug-likeness (QED) is 0.630. The number of Topliss-reactive ketones (excluding diaryl/α,β-unsaturated/α-hetero) is 2. The van der Waals surface area contributed by atoms with Gasteiger partial charge in [0, 0.05) is 5.56 Å². The zero-order valence-electron chi connectivity index (χ0n) is 11.4. The smallest absolute Gasteiger partial charge is 0.177 e. The first-order chi connectivity index (χ1) is 9.63. The monoisotopic (exact) mass is 264 g/mol. The first kappa shape index (κ1) is 12.8. The lowest BCUT2D eigenvalue weighted by molar-refractivity contribution is -0.123. The van der Waals surface area contributed by atoms with E-state index in [1.807, 2.05) is 42.5 Å². The highest BCUT2D eigenvalue weighted by molar-refractivity contribution is 6.14. The average Bonchev–Trinajstić information content (AvgIpc) is 2.88. The zero-order valence-corrected chi connectivity index (χ0v) is 11.4. The van der Waals surface area contributed by atoms with Gasteiger partial charge in [0.25, 0.3) is 0 Å². The van der Waals surface area contributed by atoms with Crippen LogP contribution in [-0.2, 0) is 17.6 Å². The summed E-state index contributed by atoms with van der Waals surface area (Å²) in [6.07, 6.45) is 1.04. The zero-order chi connectivity index (χ0) is 14.2. The summed E-state index contributed by atoms with van der Waals surface area (Å²) in [4.78, 5) is 25.1. The summed E-state index contributed by atoms with van der Waals surface area (Å²) in [6.45, 7) is 1.53. The van der Waals surface area contributed by atoms with Crippen LogP contribution >= 0.6 is 0 Å². The molecule has 0 aromatic heterocycles. The van der Waals surface area contributed by atoms with Gasteiger partial charge in [-0.05, 0) is 30.9 Å². The van der Waals surface area contributed by atoms with E-state index in [0.29, 0.717) is 18.4 Å². The van der Waals surface area contributed by atoms with E-state index >= 15 is 0 Å². The fourth-order valence-corrected chi connectivity index (χ4v) is 3.05. The van der Waals surface area contributed by atoms with Crippen LogP contribution in [0.3, 0.4) is 0 Å². The fourth-order valence-electron chi connectivity index (χ4n) is 3.05. The third-order valence-electron chi connectivity index (χ3n) is 4.25. The standard InChI is InChI=1S/C18H16O2/c1-13(19)18(17(20)14-7-3-2-4-8-14)11-15-9-5-6-10-16(15)12-18/h2-10H,11-12H2,1H3. The Labute approximate surface area is 118 Å². The van der Waals surface area contributed by atoms with E-state index in [2.05, 4.69) is 0 Å². The SMILES string of the molecule is CC(=O)C1(C(=O)c2ccccc2)Cc2ccccc2C1. The molecule has 0 heterocycles. The van der Waals surface area contributed by atoms with Crippen molar-refractivity contribution in [3.63, 3.8) is 0 Å². The van der Waals surface area contributed by atoms with Gasteiger partial charge in [0.05, 0.1) is 5.41 Å². The molecule has 0 bridgehead atoms. The minimum Gasteiger partial charge on any atom is -0.299 e. The maximum Gasteiger partial charge on any atom is 0.177 e. The van der Waals surface area contributed by atoms with Gasteiger partial charge in [0.15, 0.2) is 5.78 Å². The Morgan fingerprint density at radius 3 is 1.85 bits per heavy atom. The number of carbonyl (C=O) groups is 2. The molecule has 3 rings (SSSR count). The molecule has 0 N–H and O–H groups in total. The molecule has 0 saturated carbocycles. The normalized spacial score (nSPS) is 15.7. The van der Waals surface area contributed by atoms with E-state index in [1.54, 1.807) is 12.1 Å². The number of rotatable bonds is 3. The van der Waals surface area contributed by atoms with Crippen LogP contribution in [0, 0.1) is 5.41 Å². The maximum atomic E-state index is 12.9. The first-order valence-electron chi connectivity index (χ1n) is 6.81. The van der Waals surface area contributed by atoms with Gasteiger partial charge in [-0.1, -0.05) is 54.6 Å². The Morgan fingerprint density at radius 1 is 0.850 bits per heavy atom. The highest BCUT2D eigenvalue weighted by Gasteiger charge is 2.47. The van der Waals surface area contributed by atoms with Crippen LogP contribution in [0.2, 0.25) is 0 Å². The Bertz CT molecular complexity index is 646. The number of hydrogen-bond acceptors (Lipinski definition) is 2. The fraction of sp³-hybridized carbons (Fsp3) is 0.222. The average molecular weight is 264 g/mol. The number of hydrogen-bond donors (Lipinski definition) is 0. The first-order valence-corrected chi connectivity index (χ1v) is 6.81. The van der Waals surface area contributed by atoms with Crippen molar-refractivity contribution in [2.24, 2.45) is 5.41 Å². The molecule has 2 aromatic rings. The lowest BCUT2D eigenvalue weighted by Gasteiger charge is -2.24. The van der Waals surface area contributed by atoms with Gasteiger partial charge in [-0.2, -0.15) is 0 Å². The van der Waals surface area contributed by atoms with Crippen LogP contribution in [0.15, 0.2) is 54.6 Å².